The van der Waals surface area contributed by atoms with Crippen molar-refractivity contribution in [3.8, 4) is 11.1 Å². The van der Waals surface area contributed by atoms with Gasteiger partial charge in [-0.1, -0.05) is 6.07 Å². The number of hydrogen-bond acceptors (Lipinski definition) is 6. The van der Waals surface area contributed by atoms with Crippen LogP contribution in [-0.4, -0.2) is 45.8 Å². The first-order chi connectivity index (χ1) is 14.3. The van der Waals surface area contributed by atoms with Crippen LogP contribution in [0.4, 0.5) is 11.5 Å². The van der Waals surface area contributed by atoms with Crippen LogP contribution in [0.25, 0.3) is 11.1 Å². The number of morpholine rings is 1. The smallest absolute Gasteiger partial charge is 0.151 e. The highest BCUT2D eigenvalue weighted by atomic mass is 16.5. The van der Waals surface area contributed by atoms with Gasteiger partial charge in [0, 0.05) is 55.4 Å². The number of nitrogens with one attached hydrogen (secondary N) is 1. The summed E-state index contributed by atoms with van der Waals surface area (Å²) in [7, 11) is 1.87. The predicted octanol–water partition coefficient (Wildman–Crippen LogP) is 3.40. The molecule has 1 unspecified atom stereocenters. The van der Waals surface area contributed by atoms with Crippen molar-refractivity contribution in [3.05, 3.63) is 59.5 Å². The molecule has 30 heavy (non-hydrogen) atoms. The molecule has 1 aromatic carbocycles. The van der Waals surface area contributed by atoms with Gasteiger partial charge >= 0.3 is 0 Å². The molecule has 3 aromatic rings. The number of ether oxygens (including phenoxy) is 1. The van der Waals surface area contributed by atoms with E-state index in [1.165, 1.54) is 0 Å². The third-order valence-electron chi connectivity index (χ3n) is 5.40. The average molecular weight is 405 g/mol. The van der Waals surface area contributed by atoms with Crippen LogP contribution in [0, 0.1) is 12.3 Å². The maximum Gasteiger partial charge on any atom is 0.151 e. The van der Waals surface area contributed by atoms with E-state index in [-0.39, 0.29) is 12.2 Å². The summed E-state index contributed by atoms with van der Waals surface area (Å²) in [6, 6.07) is 9.82. The van der Waals surface area contributed by atoms with Crippen molar-refractivity contribution in [3.63, 3.8) is 0 Å². The van der Waals surface area contributed by atoms with E-state index in [2.05, 4.69) is 34.9 Å². The molecule has 0 saturated carbocycles. The van der Waals surface area contributed by atoms with Crippen molar-refractivity contribution in [2.24, 2.45) is 7.05 Å². The van der Waals surface area contributed by atoms with E-state index in [4.69, 9.17) is 15.9 Å². The van der Waals surface area contributed by atoms with Gasteiger partial charge in [0.05, 0.1) is 23.6 Å². The van der Waals surface area contributed by atoms with Crippen molar-refractivity contribution < 1.29 is 4.74 Å². The second-order valence-electron chi connectivity index (χ2n) is 8.10. The normalized spacial score (nSPS) is 19.1. The van der Waals surface area contributed by atoms with E-state index in [0.29, 0.717) is 17.0 Å². The number of nitrogen functional groups attached to an aromatic ring is 1. The van der Waals surface area contributed by atoms with Crippen molar-refractivity contribution in [1.82, 2.24) is 14.8 Å². The highest BCUT2D eigenvalue weighted by Gasteiger charge is 2.25. The first-order valence-electron chi connectivity index (χ1n) is 10.2. The number of nitrogens with zero attached hydrogens (tertiary/aromatic N) is 4. The maximum atomic E-state index is 8.86. The summed E-state index contributed by atoms with van der Waals surface area (Å²) in [4.78, 5) is 6.50. The fourth-order valence-electron chi connectivity index (χ4n) is 4.01. The summed E-state index contributed by atoms with van der Waals surface area (Å²) in [5.41, 5.74) is 11.7. The van der Waals surface area contributed by atoms with Crippen molar-refractivity contribution in [1.29, 1.82) is 5.41 Å². The zero-order valence-corrected chi connectivity index (χ0v) is 17.9. The second kappa shape index (κ2) is 7.91. The average Bonchev–Trinajstić information content (AvgIpc) is 3.09. The van der Waals surface area contributed by atoms with Crippen LogP contribution < -0.4 is 10.6 Å². The molecule has 0 spiro atoms. The quantitative estimate of drug-likeness (QED) is 0.513. The van der Waals surface area contributed by atoms with Crippen LogP contribution in [0.15, 0.2) is 42.7 Å². The monoisotopic (exact) mass is 404 g/mol. The summed E-state index contributed by atoms with van der Waals surface area (Å²) in [5, 5.41) is 13.5. The summed E-state index contributed by atoms with van der Waals surface area (Å²) in [6.45, 7) is 7.72. The van der Waals surface area contributed by atoms with Gasteiger partial charge in [-0.2, -0.15) is 5.10 Å². The Kier molecular flexibility index (Phi) is 5.30. The highest BCUT2D eigenvalue weighted by Crippen LogP contribution is 2.27. The van der Waals surface area contributed by atoms with Crippen LogP contribution in [0.3, 0.4) is 0 Å². The fourth-order valence-corrected chi connectivity index (χ4v) is 4.01. The van der Waals surface area contributed by atoms with Crippen LogP contribution in [-0.2, 0) is 11.8 Å². The lowest BCUT2D eigenvalue weighted by Crippen LogP contribution is -2.45. The number of rotatable bonds is 4. The Balaban J connectivity index is 1.67. The minimum Gasteiger partial charge on any atom is -0.398 e. The van der Waals surface area contributed by atoms with E-state index in [9.17, 15) is 0 Å². The molecule has 4 rings (SSSR count). The van der Waals surface area contributed by atoms with Crippen LogP contribution in [0.1, 0.15) is 30.7 Å². The number of aryl methyl sites for hydroxylation is 2. The van der Waals surface area contributed by atoms with Gasteiger partial charge in [0.15, 0.2) is 5.82 Å². The molecule has 1 aliphatic heterocycles. The minimum atomic E-state index is 0.147. The largest absolute Gasteiger partial charge is 0.398 e. The molecular formula is C23H28N6O. The first kappa shape index (κ1) is 20.1. The summed E-state index contributed by atoms with van der Waals surface area (Å²) < 4.78 is 7.58. The standard InChI is InChI=1S/C23H28N6O/c1-14-7-18(11-26-10-14)17-5-6-20(24)19(8-17)23(25)21-9-22(27-28(21)4)29-12-15(2)30-16(3)13-29/h5-11,15-16,25H,12-13,24H2,1-4H3/t15-,16?/m1/s1. The number of hydrogen-bond donors (Lipinski definition) is 2. The van der Waals surface area contributed by atoms with E-state index in [1.807, 2.05) is 50.6 Å². The SMILES string of the molecule is Cc1cncc(-c2ccc(N)c(C(=N)c3cc(N4CC(C)O[C@H](C)C4)nn3C)c2)c1. The van der Waals surface area contributed by atoms with Crippen molar-refractivity contribution in [2.75, 3.05) is 23.7 Å². The van der Waals surface area contributed by atoms with Gasteiger partial charge in [0.2, 0.25) is 0 Å². The number of nitrogens with two attached hydrogens (primary N) is 1. The van der Waals surface area contributed by atoms with Crippen LogP contribution in [0.5, 0.6) is 0 Å². The topological polar surface area (TPSA) is 93.1 Å². The molecule has 0 aliphatic carbocycles. The molecule has 3 heterocycles. The third-order valence-corrected chi connectivity index (χ3v) is 5.40. The molecule has 0 radical (unpaired) electrons. The molecule has 0 amide bonds. The molecule has 3 N–H and O–H groups in total. The Labute approximate surface area is 177 Å². The van der Waals surface area contributed by atoms with Crippen LogP contribution in [0.2, 0.25) is 0 Å². The van der Waals surface area contributed by atoms with Gasteiger partial charge in [-0.15, -0.1) is 0 Å². The van der Waals surface area contributed by atoms with Gasteiger partial charge in [0.1, 0.15) is 0 Å². The molecule has 2 aromatic heterocycles. The second-order valence-corrected chi connectivity index (χ2v) is 8.10. The van der Waals surface area contributed by atoms with Gasteiger partial charge in [0.25, 0.3) is 0 Å². The maximum absolute atomic E-state index is 8.86. The Hall–Kier alpha value is -3.19. The molecule has 7 nitrogen and oxygen atoms in total. The van der Waals surface area contributed by atoms with Gasteiger partial charge in [-0.3, -0.25) is 15.1 Å². The number of pyridine rings is 1. The van der Waals surface area contributed by atoms with Gasteiger partial charge in [-0.25, -0.2) is 0 Å². The Morgan fingerprint density at radius 1 is 1.10 bits per heavy atom. The van der Waals surface area contributed by atoms with E-state index >= 15 is 0 Å². The lowest BCUT2D eigenvalue weighted by atomic mass is 9.98. The van der Waals surface area contributed by atoms with Crippen molar-refractivity contribution >= 4 is 17.2 Å². The number of aromatic nitrogens is 3. The van der Waals surface area contributed by atoms with Crippen molar-refractivity contribution in [2.45, 2.75) is 33.0 Å². The predicted molar refractivity (Wildman–Crippen MR) is 120 cm³/mol. The van der Waals surface area contributed by atoms with Gasteiger partial charge < -0.3 is 15.4 Å². The van der Waals surface area contributed by atoms with E-state index in [1.54, 1.807) is 4.68 Å². The molecule has 0 bridgehead atoms. The number of anilines is 2. The van der Waals surface area contributed by atoms with Gasteiger partial charge in [-0.05, 0) is 50.1 Å². The third kappa shape index (κ3) is 3.93. The lowest BCUT2D eigenvalue weighted by Gasteiger charge is -2.35. The number of benzene rings is 1. The zero-order valence-electron chi connectivity index (χ0n) is 17.9. The lowest BCUT2D eigenvalue weighted by molar-refractivity contribution is -0.00548. The van der Waals surface area contributed by atoms with E-state index < -0.39 is 0 Å². The summed E-state index contributed by atoms with van der Waals surface area (Å²) in [6.07, 6.45) is 3.95. The first-order valence-corrected chi connectivity index (χ1v) is 10.2. The molecule has 1 aliphatic rings. The minimum absolute atomic E-state index is 0.147. The highest BCUT2D eigenvalue weighted by molar-refractivity contribution is 6.13. The van der Waals surface area contributed by atoms with Crippen LogP contribution >= 0.6 is 0 Å². The molecule has 2 atom stereocenters. The summed E-state index contributed by atoms with van der Waals surface area (Å²) in [5.74, 6) is 0.858. The molecule has 1 saturated heterocycles. The Bertz CT molecular complexity index is 1080. The van der Waals surface area contributed by atoms with E-state index in [0.717, 1.165) is 41.3 Å². The Morgan fingerprint density at radius 3 is 2.53 bits per heavy atom. The zero-order chi connectivity index (χ0) is 21.4. The molecular weight excluding hydrogens is 376 g/mol. The Morgan fingerprint density at radius 2 is 1.83 bits per heavy atom. The fraction of sp³-hybridized carbons (Fsp3) is 0.348. The summed E-state index contributed by atoms with van der Waals surface area (Å²) >= 11 is 0. The molecule has 156 valence electrons. The molecule has 1 fully saturated rings. The molecule has 7 heteroatoms.